The van der Waals surface area contributed by atoms with Crippen LogP contribution in [0.2, 0.25) is 0 Å². The number of carbonyl (C=O) groups is 1. The fraction of sp³-hybridized carbons (Fsp3) is 0.588. The standard InChI is InChI=1S/C17H24F2N2O2/c1-23-12(10-20)9-15(22)21-11-17(7-2-3-8-17)16-13(18)5-4-6-14(16)19/h4-6,12H,2-3,7-11,20H2,1H3,(H,21,22). The molecule has 0 saturated heterocycles. The summed E-state index contributed by atoms with van der Waals surface area (Å²) in [5.41, 5.74) is 4.93. The van der Waals surface area contributed by atoms with Crippen LogP contribution in [0.5, 0.6) is 0 Å². The van der Waals surface area contributed by atoms with E-state index in [0.717, 1.165) is 12.8 Å². The molecule has 128 valence electrons. The van der Waals surface area contributed by atoms with Crippen LogP contribution in [0, 0.1) is 11.6 Å². The van der Waals surface area contributed by atoms with Gasteiger partial charge in [-0.05, 0) is 25.0 Å². The van der Waals surface area contributed by atoms with Crippen molar-refractivity contribution in [3.8, 4) is 0 Å². The molecule has 0 heterocycles. The summed E-state index contributed by atoms with van der Waals surface area (Å²) in [5, 5.41) is 2.81. The number of halogens is 2. The van der Waals surface area contributed by atoms with Gasteiger partial charge in [-0.3, -0.25) is 4.79 Å². The maximum Gasteiger partial charge on any atom is 0.222 e. The Morgan fingerprint density at radius 1 is 1.35 bits per heavy atom. The fourth-order valence-corrected chi connectivity index (χ4v) is 3.38. The minimum Gasteiger partial charge on any atom is -0.380 e. The molecule has 0 radical (unpaired) electrons. The molecule has 6 heteroatoms. The van der Waals surface area contributed by atoms with Crippen molar-refractivity contribution in [2.75, 3.05) is 20.2 Å². The van der Waals surface area contributed by atoms with Crippen LogP contribution in [0.1, 0.15) is 37.7 Å². The number of hydrogen-bond acceptors (Lipinski definition) is 3. The average Bonchev–Trinajstić information content (AvgIpc) is 3.00. The highest BCUT2D eigenvalue weighted by molar-refractivity contribution is 5.76. The van der Waals surface area contributed by atoms with Gasteiger partial charge in [0.2, 0.25) is 5.91 Å². The maximum atomic E-state index is 14.2. The zero-order valence-electron chi connectivity index (χ0n) is 13.4. The molecule has 4 nitrogen and oxygen atoms in total. The molecule has 1 aliphatic rings. The molecule has 1 aliphatic carbocycles. The number of carbonyl (C=O) groups excluding carboxylic acids is 1. The van der Waals surface area contributed by atoms with Gasteiger partial charge in [0, 0.05) is 31.2 Å². The molecule has 0 spiro atoms. The Kier molecular flexibility index (Phi) is 6.07. The van der Waals surface area contributed by atoms with Crippen molar-refractivity contribution >= 4 is 5.91 Å². The molecule has 1 atom stereocenters. The number of nitrogens with two attached hydrogens (primary N) is 1. The lowest BCUT2D eigenvalue weighted by Crippen LogP contribution is -2.41. The number of methoxy groups -OCH3 is 1. The molecular formula is C17H24F2N2O2. The van der Waals surface area contributed by atoms with E-state index in [2.05, 4.69) is 5.32 Å². The van der Waals surface area contributed by atoms with Crippen LogP contribution in [0.25, 0.3) is 0 Å². The van der Waals surface area contributed by atoms with Crippen molar-refractivity contribution < 1.29 is 18.3 Å². The predicted octanol–water partition coefficient (Wildman–Crippen LogP) is 2.26. The first kappa shape index (κ1) is 17.8. The van der Waals surface area contributed by atoms with E-state index in [9.17, 15) is 13.6 Å². The average molecular weight is 326 g/mol. The van der Waals surface area contributed by atoms with Gasteiger partial charge in [0.1, 0.15) is 11.6 Å². The second-order valence-corrected chi connectivity index (χ2v) is 6.16. The highest BCUT2D eigenvalue weighted by atomic mass is 19.1. The lowest BCUT2D eigenvalue weighted by molar-refractivity contribution is -0.123. The van der Waals surface area contributed by atoms with Crippen molar-refractivity contribution in [3.05, 3.63) is 35.4 Å². The van der Waals surface area contributed by atoms with Gasteiger partial charge >= 0.3 is 0 Å². The second-order valence-electron chi connectivity index (χ2n) is 6.16. The Hall–Kier alpha value is -1.53. The van der Waals surface area contributed by atoms with Crippen molar-refractivity contribution in [2.24, 2.45) is 5.73 Å². The summed E-state index contributed by atoms with van der Waals surface area (Å²) in [6, 6.07) is 3.91. The highest BCUT2D eigenvalue weighted by Gasteiger charge is 2.40. The molecular weight excluding hydrogens is 302 g/mol. The normalized spacial score (nSPS) is 17.9. The van der Waals surface area contributed by atoms with E-state index in [1.165, 1.54) is 25.3 Å². The van der Waals surface area contributed by atoms with Crippen molar-refractivity contribution in [1.82, 2.24) is 5.32 Å². The van der Waals surface area contributed by atoms with E-state index in [1.54, 1.807) is 0 Å². The molecule has 0 aromatic heterocycles. The molecule has 1 saturated carbocycles. The van der Waals surface area contributed by atoms with Crippen LogP contribution in [0.4, 0.5) is 8.78 Å². The number of hydrogen-bond donors (Lipinski definition) is 2. The molecule has 1 amide bonds. The van der Waals surface area contributed by atoms with Crippen molar-refractivity contribution in [3.63, 3.8) is 0 Å². The van der Waals surface area contributed by atoms with Gasteiger partial charge in [-0.2, -0.15) is 0 Å². The molecule has 23 heavy (non-hydrogen) atoms. The zero-order valence-corrected chi connectivity index (χ0v) is 13.4. The van der Waals surface area contributed by atoms with Crippen LogP contribution in [0.15, 0.2) is 18.2 Å². The van der Waals surface area contributed by atoms with Gasteiger partial charge in [0.05, 0.1) is 12.5 Å². The summed E-state index contributed by atoms with van der Waals surface area (Å²) in [6.07, 6.45) is 2.91. The SMILES string of the molecule is COC(CN)CC(=O)NCC1(c2c(F)cccc2F)CCCC1. The van der Waals surface area contributed by atoms with Gasteiger partial charge in [0.25, 0.3) is 0 Å². The third-order valence-electron chi connectivity index (χ3n) is 4.69. The third kappa shape index (κ3) is 4.06. The second kappa shape index (κ2) is 7.84. The number of nitrogens with one attached hydrogen (secondary N) is 1. The smallest absolute Gasteiger partial charge is 0.222 e. The molecule has 1 unspecified atom stereocenters. The Bertz CT molecular complexity index is 521. The van der Waals surface area contributed by atoms with Gasteiger partial charge in [-0.25, -0.2) is 8.78 Å². The lowest BCUT2D eigenvalue weighted by Gasteiger charge is -2.31. The number of benzene rings is 1. The van der Waals surface area contributed by atoms with Crippen LogP contribution >= 0.6 is 0 Å². The minimum atomic E-state index is -0.670. The topological polar surface area (TPSA) is 64.3 Å². The van der Waals surface area contributed by atoms with E-state index in [0.29, 0.717) is 12.8 Å². The predicted molar refractivity (Wildman–Crippen MR) is 84.0 cm³/mol. The molecule has 0 aliphatic heterocycles. The van der Waals surface area contributed by atoms with Crippen LogP contribution in [-0.2, 0) is 14.9 Å². The van der Waals surface area contributed by atoms with Crippen molar-refractivity contribution in [2.45, 2.75) is 43.6 Å². The van der Waals surface area contributed by atoms with E-state index in [4.69, 9.17) is 10.5 Å². The van der Waals surface area contributed by atoms with E-state index in [-0.39, 0.29) is 37.1 Å². The van der Waals surface area contributed by atoms with Crippen LogP contribution < -0.4 is 11.1 Å². The first-order chi connectivity index (χ1) is 11.0. The Labute approximate surface area is 135 Å². The fourth-order valence-electron chi connectivity index (χ4n) is 3.38. The van der Waals surface area contributed by atoms with E-state index >= 15 is 0 Å². The van der Waals surface area contributed by atoms with Gasteiger partial charge in [-0.15, -0.1) is 0 Å². The maximum absolute atomic E-state index is 14.2. The van der Waals surface area contributed by atoms with Gasteiger partial charge in [-0.1, -0.05) is 18.9 Å². The summed E-state index contributed by atoms with van der Waals surface area (Å²) in [6.45, 7) is 0.474. The van der Waals surface area contributed by atoms with Crippen LogP contribution in [0.3, 0.4) is 0 Å². The zero-order chi connectivity index (χ0) is 16.9. The first-order valence-electron chi connectivity index (χ1n) is 7.96. The number of rotatable bonds is 7. The van der Waals surface area contributed by atoms with E-state index < -0.39 is 17.0 Å². The molecule has 1 aromatic rings. The molecule has 1 fully saturated rings. The summed E-state index contributed by atoms with van der Waals surface area (Å²) in [5.74, 6) is -1.30. The lowest BCUT2D eigenvalue weighted by atomic mass is 9.78. The molecule has 1 aromatic carbocycles. The van der Waals surface area contributed by atoms with Crippen molar-refractivity contribution in [1.29, 1.82) is 0 Å². The molecule has 0 bridgehead atoms. The number of ether oxygens (including phenoxy) is 1. The highest BCUT2D eigenvalue weighted by Crippen LogP contribution is 2.42. The summed E-state index contributed by atoms with van der Waals surface area (Å²) in [7, 11) is 1.50. The summed E-state index contributed by atoms with van der Waals surface area (Å²) in [4.78, 5) is 12.0. The minimum absolute atomic E-state index is 0.0971. The number of amides is 1. The van der Waals surface area contributed by atoms with E-state index in [1.807, 2.05) is 0 Å². The Morgan fingerprint density at radius 3 is 2.48 bits per heavy atom. The summed E-state index contributed by atoms with van der Waals surface area (Å²) >= 11 is 0. The largest absolute Gasteiger partial charge is 0.380 e. The Balaban J connectivity index is 2.12. The quantitative estimate of drug-likeness (QED) is 0.808. The Morgan fingerprint density at radius 2 is 1.96 bits per heavy atom. The van der Waals surface area contributed by atoms with Gasteiger partial charge < -0.3 is 15.8 Å². The van der Waals surface area contributed by atoms with Crippen LogP contribution in [-0.4, -0.2) is 32.2 Å². The monoisotopic (exact) mass is 326 g/mol. The first-order valence-corrected chi connectivity index (χ1v) is 7.96. The molecule has 3 N–H and O–H groups in total. The molecule has 2 rings (SSSR count). The summed E-state index contributed by atoms with van der Waals surface area (Å²) < 4.78 is 33.5. The third-order valence-corrected chi connectivity index (χ3v) is 4.69. The van der Waals surface area contributed by atoms with Gasteiger partial charge in [0.15, 0.2) is 0 Å².